The summed E-state index contributed by atoms with van der Waals surface area (Å²) in [5.41, 5.74) is 1.25. The molecule has 0 fully saturated rings. The summed E-state index contributed by atoms with van der Waals surface area (Å²) < 4.78 is 0. The van der Waals surface area contributed by atoms with Crippen LogP contribution in [0.2, 0.25) is 0 Å². The molecule has 140 valence electrons. The van der Waals surface area contributed by atoms with Crippen LogP contribution in [0.1, 0.15) is 13.8 Å². The Morgan fingerprint density at radius 3 is 2.15 bits per heavy atom. The van der Waals surface area contributed by atoms with E-state index in [1.165, 1.54) is 18.7 Å². The van der Waals surface area contributed by atoms with Gasteiger partial charge in [0, 0.05) is 27.9 Å². The third kappa shape index (κ3) is 6.63. The minimum Gasteiger partial charge on any atom is -0.478 e. The molecule has 0 bridgehead atoms. The van der Waals surface area contributed by atoms with Gasteiger partial charge in [0.15, 0.2) is 0 Å². The van der Waals surface area contributed by atoms with Crippen molar-refractivity contribution in [3.8, 4) is 0 Å². The minimum atomic E-state index is -1.14. The van der Waals surface area contributed by atoms with E-state index in [-0.39, 0.29) is 16.7 Å². The van der Waals surface area contributed by atoms with Crippen LogP contribution < -0.4 is 10.6 Å². The molecule has 0 aliphatic rings. The third-order valence-electron chi connectivity index (χ3n) is 3.53. The number of carboxylic acid groups (broad SMARTS) is 1. The fourth-order valence-corrected chi connectivity index (χ4v) is 2.94. The van der Waals surface area contributed by atoms with Crippen molar-refractivity contribution in [3.63, 3.8) is 0 Å². The van der Waals surface area contributed by atoms with Gasteiger partial charge in [0.05, 0.1) is 5.25 Å². The first-order valence-corrected chi connectivity index (χ1v) is 9.08. The highest BCUT2D eigenvalue weighted by Gasteiger charge is 2.14. The molecule has 2 rings (SSSR count). The summed E-state index contributed by atoms with van der Waals surface area (Å²) in [7, 11) is 0. The van der Waals surface area contributed by atoms with Gasteiger partial charge in [0.2, 0.25) is 11.8 Å². The number of para-hydroxylation sites is 1. The summed E-state index contributed by atoms with van der Waals surface area (Å²) in [6.45, 7) is 3.17. The van der Waals surface area contributed by atoms with Crippen LogP contribution in [-0.4, -0.2) is 28.1 Å². The van der Waals surface area contributed by atoms with Crippen LogP contribution in [0.25, 0.3) is 0 Å². The molecule has 0 aromatic heterocycles. The SMILES string of the molecule is C/C(=C/C(=O)Nc1ccc(S[C@@H](C)C(=O)Nc2ccccc2)cc1)C(=O)O. The molecule has 0 saturated heterocycles. The molecule has 2 aromatic rings. The Labute approximate surface area is 161 Å². The van der Waals surface area contributed by atoms with E-state index in [1.54, 1.807) is 24.3 Å². The molecule has 0 unspecified atom stereocenters. The average Bonchev–Trinajstić information content (AvgIpc) is 2.64. The number of rotatable bonds is 7. The smallest absolute Gasteiger partial charge is 0.331 e. The van der Waals surface area contributed by atoms with Crippen molar-refractivity contribution in [1.82, 2.24) is 0 Å². The topological polar surface area (TPSA) is 95.5 Å². The Bertz CT molecular complexity index is 848. The monoisotopic (exact) mass is 384 g/mol. The van der Waals surface area contributed by atoms with E-state index in [2.05, 4.69) is 10.6 Å². The van der Waals surface area contributed by atoms with Gasteiger partial charge in [-0.05, 0) is 50.2 Å². The summed E-state index contributed by atoms with van der Waals surface area (Å²) in [6.07, 6.45) is 1.03. The lowest BCUT2D eigenvalue weighted by molar-refractivity contribution is -0.132. The van der Waals surface area contributed by atoms with E-state index in [0.717, 1.165) is 16.7 Å². The Morgan fingerprint density at radius 1 is 0.963 bits per heavy atom. The van der Waals surface area contributed by atoms with E-state index in [0.29, 0.717) is 5.69 Å². The van der Waals surface area contributed by atoms with E-state index in [4.69, 9.17) is 5.11 Å². The van der Waals surface area contributed by atoms with Gasteiger partial charge in [-0.3, -0.25) is 9.59 Å². The Hall–Kier alpha value is -3.06. The summed E-state index contributed by atoms with van der Waals surface area (Å²) in [5, 5.41) is 13.9. The van der Waals surface area contributed by atoms with E-state index in [1.807, 2.05) is 37.3 Å². The molecule has 0 aliphatic heterocycles. The number of aliphatic carboxylic acids is 1. The van der Waals surface area contributed by atoms with Crippen molar-refractivity contribution in [1.29, 1.82) is 0 Å². The van der Waals surface area contributed by atoms with Crippen LogP contribution in [-0.2, 0) is 14.4 Å². The van der Waals surface area contributed by atoms with Crippen molar-refractivity contribution in [2.45, 2.75) is 24.0 Å². The highest BCUT2D eigenvalue weighted by Crippen LogP contribution is 2.25. The van der Waals surface area contributed by atoms with Gasteiger partial charge in [0.1, 0.15) is 0 Å². The summed E-state index contributed by atoms with van der Waals surface area (Å²) >= 11 is 1.40. The predicted octanol–water partition coefficient (Wildman–Crippen LogP) is 3.78. The van der Waals surface area contributed by atoms with Crippen LogP contribution in [0, 0.1) is 0 Å². The Morgan fingerprint density at radius 2 is 1.56 bits per heavy atom. The van der Waals surface area contributed by atoms with Crippen molar-refractivity contribution >= 4 is 40.9 Å². The number of thioether (sulfide) groups is 1. The number of amides is 2. The van der Waals surface area contributed by atoms with Gasteiger partial charge in [-0.15, -0.1) is 11.8 Å². The van der Waals surface area contributed by atoms with Gasteiger partial charge in [-0.1, -0.05) is 18.2 Å². The van der Waals surface area contributed by atoms with Crippen LogP contribution in [0.15, 0.2) is 71.1 Å². The summed E-state index contributed by atoms with van der Waals surface area (Å²) in [4.78, 5) is 35.6. The fourth-order valence-electron chi connectivity index (χ4n) is 2.08. The van der Waals surface area contributed by atoms with Crippen LogP contribution in [0.3, 0.4) is 0 Å². The second-order valence-electron chi connectivity index (χ2n) is 5.76. The van der Waals surface area contributed by atoms with Gasteiger partial charge in [-0.2, -0.15) is 0 Å². The lowest BCUT2D eigenvalue weighted by Crippen LogP contribution is -2.22. The molecule has 3 N–H and O–H groups in total. The normalized spacial score (nSPS) is 12.1. The number of benzene rings is 2. The number of hydrogen-bond acceptors (Lipinski definition) is 4. The maximum atomic E-state index is 12.2. The van der Waals surface area contributed by atoms with Crippen molar-refractivity contribution in [2.75, 3.05) is 10.6 Å². The summed E-state index contributed by atoms with van der Waals surface area (Å²) in [5.74, 6) is -1.75. The van der Waals surface area contributed by atoms with Crippen molar-refractivity contribution in [3.05, 3.63) is 66.2 Å². The van der Waals surface area contributed by atoms with Crippen LogP contribution in [0.5, 0.6) is 0 Å². The second kappa shape index (κ2) is 9.59. The number of carboxylic acids is 1. The van der Waals surface area contributed by atoms with Crippen molar-refractivity contribution in [2.24, 2.45) is 0 Å². The van der Waals surface area contributed by atoms with Crippen LogP contribution in [0.4, 0.5) is 11.4 Å². The van der Waals surface area contributed by atoms with Gasteiger partial charge in [-0.25, -0.2) is 4.79 Å². The quantitative estimate of drug-likeness (QED) is 0.499. The molecule has 0 aliphatic carbocycles. The molecule has 2 amide bonds. The zero-order valence-electron chi connectivity index (χ0n) is 14.9. The molecular weight excluding hydrogens is 364 g/mol. The zero-order valence-corrected chi connectivity index (χ0v) is 15.7. The standard InChI is InChI=1S/C20H20N2O4S/c1-13(20(25)26)12-18(23)21-16-8-10-17(11-9-16)27-14(2)19(24)22-15-6-4-3-5-7-15/h3-12,14H,1-2H3,(H,21,23)(H,22,24)(H,25,26)/b13-12-/t14-/m0/s1. The number of anilines is 2. The number of nitrogens with one attached hydrogen (secondary N) is 2. The third-order valence-corrected chi connectivity index (χ3v) is 4.64. The molecule has 0 spiro atoms. The zero-order chi connectivity index (χ0) is 19.8. The highest BCUT2D eigenvalue weighted by molar-refractivity contribution is 8.00. The molecule has 1 atom stereocenters. The molecule has 7 heteroatoms. The molecule has 6 nitrogen and oxygen atoms in total. The van der Waals surface area contributed by atoms with Crippen LogP contribution >= 0.6 is 11.8 Å². The van der Waals surface area contributed by atoms with E-state index in [9.17, 15) is 14.4 Å². The lowest BCUT2D eigenvalue weighted by atomic mass is 10.2. The number of hydrogen-bond donors (Lipinski definition) is 3. The Kier molecular flexibility index (Phi) is 7.19. The fraction of sp³-hybridized carbons (Fsp3) is 0.150. The Balaban J connectivity index is 1.91. The van der Waals surface area contributed by atoms with Crippen molar-refractivity contribution < 1.29 is 19.5 Å². The first-order chi connectivity index (χ1) is 12.8. The molecule has 27 heavy (non-hydrogen) atoms. The molecule has 0 saturated carbocycles. The summed E-state index contributed by atoms with van der Waals surface area (Å²) in [6, 6.07) is 16.2. The minimum absolute atomic E-state index is 0.0436. The van der Waals surface area contributed by atoms with E-state index >= 15 is 0 Å². The predicted molar refractivity (Wildman–Crippen MR) is 107 cm³/mol. The molecule has 0 radical (unpaired) electrons. The first-order valence-electron chi connectivity index (χ1n) is 8.20. The van der Waals surface area contributed by atoms with Gasteiger partial charge >= 0.3 is 5.97 Å². The molecule has 2 aromatic carbocycles. The number of carbonyl (C=O) groups is 3. The average molecular weight is 384 g/mol. The first kappa shape index (κ1) is 20.3. The van der Waals surface area contributed by atoms with Gasteiger partial charge in [0.25, 0.3) is 0 Å². The maximum absolute atomic E-state index is 12.2. The largest absolute Gasteiger partial charge is 0.478 e. The number of carbonyl (C=O) groups excluding carboxylic acids is 2. The molecular formula is C20H20N2O4S. The maximum Gasteiger partial charge on any atom is 0.331 e. The van der Waals surface area contributed by atoms with Gasteiger partial charge < -0.3 is 15.7 Å². The second-order valence-corrected chi connectivity index (χ2v) is 7.18. The lowest BCUT2D eigenvalue weighted by Gasteiger charge is -2.12. The highest BCUT2D eigenvalue weighted by atomic mass is 32.2. The van der Waals surface area contributed by atoms with E-state index < -0.39 is 11.9 Å². The molecule has 0 heterocycles.